The standard InChI is InChI=1S/C20H22N4O2/c1-26-15-8-6-14(7-9-15)17-11-16(13-4-5-13)20-18(23-17)12-22-24(20)10-2-3-19(21)25/h6-9,11-13H,2-5,10H2,1H3,(H2,21,25). The summed E-state index contributed by atoms with van der Waals surface area (Å²) in [6.07, 6.45) is 5.29. The first-order valence-corrected chi connectivity index (χ1v) is 8.95. The largest absolute Gasteiger partial charge is 0.497 e. The highest BCUT2D eigenvalue weighted by Gasteiger charge is 2.28. The lowest BCUT2D eigenvalue weighted by molar-refractivity contribution is -0.118. The Morgan fingerprint density at radius 3 is 2.73 bits per heavy atom. The third-order valence-electron chi connectivity index (χ3n) is 4.82. The number of aromatic nitrogens is 3. The Labute approximate surface area is 152 Å². The summed E-state index contributed by atoms with van der Waals surface area (Å²) in [5.74, 6) is 1.13. The molecule has 134 valence electrons. The molecule has 1 saturated carbocycles. The van der Waals surface area contributed by atoms with Gasteiger partial charge in [0.25, 0.3) is 0 Å². The molecule has 0 spiro atoms. The number of nitrogens with zero attached hydrogens (tertiary/aromatic N) is 3. The van der Waals surface area contributed by atoms with E-state index >= 15 is 0 Å². The van der Waals surface area contributed by atoms with Crippen LogP contribution < -0.4 is 10.5 Å². The summed E-state index contributed by atoms with van der Waals surface area (Å²) >= 11 is 0. The Bertz CT molecular complexity index is 942. The van der Waals surface area contributed by atoms with E-state index in [0.29, 0.717) is 25.3 Å². The number of carbonyl (C=O) groups is 1. The van der Waals surface area contributed by atoms with Crippen molar-refractivity contribution in [3.05, 3.63) is 42.1 Å². The van der Waals surface area contributed by atoms with Crippen LogP contribution in [0.5, 0.6) is 5.75 Å². The fraction of sp³-hybridized carbons (Fsp3) is 0.350. The second kappa shape index (κ2) is 6.78. The number of amides is 1. The number of pyridine rings is 1. The first-order chi connectivity index (χ1) is 12.7. The molecule has 2 aromatic heterocycles. The normalized spacial score (nSPS) is 13.9. The predicted octanol–water partition coefficient (Wildman–Crippen LogP) is 3.25. The molecule has 0 radical (unpaired) electrons. The van der Waals surface area contributed by atoms with Crippen molar-refractivity contribution in [1.29, 1.82) is 0 Å². The van der Waals surface area contributed by atoms with Gasteiger partial charge in [0.15, 0.2) is 0 Å². The fourth-order valence-corrected chi connectivity index (χ4v) is 3.32. The highest BCUT2D eigenvalue weighted by atomic mass is 16.5. The van der Waals surface area contributed by atoms with E-state index in [1.807, 2.05) is 35.1 Å². The molecule has 1 aromatic carbocycles. The predicted molar refractivity (Wildman–Crippen MR) is 99.9 cm³/mol. The van der Waals surface area contributed by atoms with Crippen molar-refractivity contribution < 1.29 is 9.53 Å². The molecule has 2 N–H and O–H groups in total. The number of benzene rings is 1. The Kier molecular flexibility index (Phi) is 4.32. The lowest BCUT2D eigenvalue weighted by Crippen LogP contribution is -2.12. The van der Waals surface area contributed by atoms with Crippen LogP contribution >= 0.6 is 0 Å². The molecule has 1 amide bonds. The van der Waals surface area contributed by atoms with Crippen LogP contribution in [0.25, 0.3) is 22.3 Å². The van der Waals surface area contributed by atoms with Gasteiger partial charge in [-0.3, -0.25) is 9.48 Å². The number of ether oxygens (including phenoxy) is 1. The van der Waals surface area contributed by atoms with Crippen LogP contribution in [-0.2, 0) is 11.3 Å². The van der Waals surface area contributed by atoms with Gasteiger partial charge in [-0.1, -0.05) is 0 Å². The number of carbonyl (C=O) groups excluding carboxylic acids is 1. The molecule has 4 rings (SSSR count). The quantitative estimate of drug-likeness (QED) is 0.709. The number of hydrogen-bond acceptors (Lipinski definition) is 4. The Balaban J connectivity index is 1.72. The molecule has 6 heteroatoms. The smallest absolute Gasteiger partial charge is 0.217 e. The summed E-state index contributed by atoms with van der Waals surface area (Å²) in [6.45, 7) is 0.676. The average Bonchev–Trinajstić information content (AvgIpc) is 3.42. The van der Waals surface area contributed by atoms with E-state index in [9.17, 15) is 4.79 Å². The summed E-state index contributed by atoms with van der Waals surface area (Å²) in [7, 11) is 1.66. The van der Waals surface area contributed by atoms with Gasteiger partial charge in [0.2, 0.25) is 5.91 Å². The summed E-state index contributed by atoms with van der Waals surface area (Å²) in [6, 6.07) is 10.1. The molecule has 26 heavy (non-hydrogen) atoms. The third kappa shape index (κ3) is 3.27. The van der Waals surface area contributed by atoms with Crippen molar-refractivity contribution in [3.8, 4) is 17.0 Å². The highest BCUT2D eigenvalue weighted by Crippen LogP contribution is 2.44. The van der Waals surface area contributed by atoms with Crippen LogP contribution in [-0.4, -0.2) is 27.8 Å². The molecule has 0 atom stereocenters. The maximum Gasteiger partial charge on any atom is 0.217 e. The number of primary amides is 1. The molecule has 1 fully saturated rings. The number of aryl methyl sites for hydroxylation is 1. The van der Waals surface area contributed by atoms with Crippen LogP contribution in [0, 0.1) is 0 Å². The first-order valence-electron chi connectivity index (χ1n) is 8.95. The molecule has 3 aromatic rings. The summed E-state index contributed by atoms with van der Waals surface area (Å²) in [4.78, 5) is 15.8. The summed E-state index contributed by atoms with van der Waals surface area (Å²) in [5, 5.41) is 4.51. The molecule has 0 unspecified atom stereocenters. The summed E-state index contributed by atoms with van der Waals surface area (Å²) in [5.41, 5.74) is 10.6. The van der Waals surface area contributed by atoms with Gasteiger partial charge in [0, 0.05) is 18.5 Å². The highest BCUT2D eigenvalue weighted by molar-refractivity contribution is 5.83. The average molecular weight is 350 g/mol. The number of methoxy groups -OCH3 is 1. The number of nitrogens with two attached hydrogens (primary N) is 1. The van der Waals surface area contributed by atoms with Crippen molar-refractivity contribution in [2.45, 2.75) is 38.1 Å². The van der Waals surface area contributed by atoms with Crippen LogP contribution in [0.15, 0.2) is 36.5 Å². The molecule has 0 aliphatic heterocycles. The van der Waals surface area contributed by atoms with Crippen molar-refractivity contribution in [2.24, 2.45) is 5.73 Å². The zero-order chi connectivity index (χ0) is 18.1. The topological polar surface area (TPSA) is 83.0 Å². The van der Waals surface area contributed by atoms with E-state index in [4.69, 9.17) is 15.5 Å². The Morgan fingerprint density at radius 1 is 1.31 bits per heavy atom. The Hall–Kier alpha value is -2.89. The van der Waals surface area contributed by atoms with Gasteiger partial charge in [0.1, 0.15) is 11.3 Å². The molecular formula is C20H22N4O2. The molecule has 1 aliphatic rings. The molecule has 6 nitrogen and oxygen atoms in total. The van der Waals surface area contributed by atoms with E-state index in [0.717, 1.165) is 28.0 Å². The van der Waals surface area contributed by atoms with Crippen LogP contribution in [0.3, 0.4) is 0 Å². The minimum atomic E-state index is -0.274. The molecule has 2 heterocycles. The number of fused-ring (bicyclic) bond motifs is 1. The monoisotopic (exact) mass is 350 g/mol. The van der Waals surface area contributed by atoms with Gasteiger partial charge in [-0.2, -0.15) is 5.10 Å². The van der Waals surface area contributed by atoms with Crippen molar-refractivity contribution in [2.75, 3.05) is 7.11 Å². The van der Waals surface area contributed by atoms with E-state index in [1.54, 1.807) is 7.11 Å². The maximum atomic E-state index is 11.0. The zero-order valence-electron chi connectivity index (χ0n) is 14.8. The van der Waals surface area contributed by atoms with E-state index < -0.39 is 0 Å². The second-order valence-corrected chi connectivity index (χ2v) is 6.77. The first kappa shape index (κ1) is 16.6. The molecule has 0 saturated heterocycles. The van der Waals surface area contributed by atoms with Crippen molar-refractivity contribution in [1.82, 2.24) is 14.8 Å². The van der Waals surface area contributed by atoms with Crippen LogP contribution in [0.2, 0.25) is 0 Å². The minimum absolute atomic E-state index is 0.274. The SMILES string of the molecule is COc1ccc(-c2cc(C3CC3)c3c(cnn3CCCC(N)=O)n2)cc1. The second-order valence-electron chi connectivity index (χ2n) is 6.77. The van der Waals surface area contributed by atoms with Crippen LogP contribution in [0.1, 0.15) is 37.2 Å². The number of hydrogen-bond donors (Lipinski definition) is 1. The lowest BCUT2D eigenvalue weighted by atomic mass is 10.0. The van der Waals surface area contributed by atoms with Gasteiger partial charge in [-0.15, -0.1) is 0 Å². The van der Waals surface area contributed by atoms with Gasteiger partial charge < -0.3 is 10.5 Å². The summed E-state index contributed by atoms with van der Waals surface area (Å²) < 4.78 is 7.21. The number of rotatable bonds is 7. The molecule has 0 bridgehead atoms. The van der Waals surface area contributed by atoms with E-state index in [2.05, 4.69) is 11.2 Å². The van der Waals surface area contributed by atoms with Gasteiger partial charge >= 0.3 is 0 Å². The van der Waals surface area contributed by atoms with E-state index in [-0.39, 0.29) is 5.91 Å². The van der Waals surface area contributed by atoms with Gasteiger partial charge in [-0.05, 0) is 61.1 Å². The lowest BCUT2D eigenvalue weighted by Gasteiger charge is -2.10. The third-order valence-corrected chi connectivity index (χ3v) is 4.82. The maximum absolute atomic E-state index is 11.0. The van der Waals surface area contributed by atoms with Crippen molar-refractivity contribution in [3.63, 3.8) is 0 Å². The molecular weight excluding hydrogens is 328 g/mol. The van der Waals surface area contributed by atoms with Crippen molar-refractivity contribution >= 4 is 16.9 Å². The minimum Gasteiger partial charge on any atom is -0.497 e. The van der Waals surface area contributed by atoms with Gasteiger partial charge in [-0.25, -0.2) is 4.98 Å². The molecule has 1 aliphatic carbocycles. The fourth-order valence-electron chi connectivity index (χ4n) is 3.32. The zero-order valence-corrected chi connectivity index (χ0v) is 14.8. The van der Waals surface area contributed by atoms with Gasteiger partial charge in [0.05, 0.1) is 24.5 Å². The van der Waals surface area contributed by atoms with Crippen LogP contribution in [0.4, 0.5) is 0 Å². The Morgan fingerprint density at radius 2 is 2.08 bits per heavy atom. The van der Waals surface area contributed by atoms with E-state index in [1.165, 1.54) is 18.4 Å².